The molecule has 0 spiro atoms. The van der Waals surface area contributed by atoms with E-state index in [1.165, 1.54) is 12.1 Å². The summed E-state index contributed by atoms with van der Waals surface area (Å²) in [4.78, 5) is 16.6. The summed E-state index contributed by atoms with van der Waals surface area (Å²) in [6, 6.07) is 13.8. The number of amides is 1. The molecule has 2 aromatic carbocycles. The number of hydrogen-bond donors (Lipinski definition) is 1. The molecular formula is C18H17FN4O. The standard InChI is InChI=1S/C18H17FN4O/c1-12(13-6-5-7-14(19)10-13)21-22-18(24)11-17-20-15-8-3-4-9-16(15)23(17)2/h3-10H,11H2,1-2H3,(H,22,24)/b21-12+. The lowest BCUT2D eigenvalue weighted by Crippen LogP contribution is -2.22. The van der Waals surface area contributed by atoms with Crippen LogP contribution in [-0.2, 0) is 18.3 Å². The van der Waals surface area contributed by atoms with Crippen molar-refractivity contribution in [1.82, 2.24) is 15.0 Å². The second-order valence-electron chi connectivity index (χ2n) is 5.50. The Balaban J connectivity index is 1.71. The SMILES string of the molecule is C/C(=N\NC(=O)Cc1nc2ccccc2n1C)c1cccc(F)c1. The lowest BCUT2D eigenvalue weighted by Gasteiger charge is -2.04. The quantitative estimate of drug-likeness (QED) is 0.592. The zero-order valence-electron chi connectivity index (χ0n) is 13.5. The zero-order valence-corrected chi connectivity index (χ0v) is 13.5. The molecule has 0 saturated carbocycles. The number of aryl methyl sites for hydroxylation is 1. The first kappa shape index (κ1) is 15.9. The molecule has 1 aromatic heterocycles. The summed E-state index contributed by atoms with van der Waals surface area (Å²) in [6.07, 6.45) is 0.116. The van der Waals surface area contributed by atoms with Crippen molar-refractivity contribution in [3.63, 3.8) is 0 Å². The van der Waals surface area contributed by atoms with Crippen molar-refractivity contribution in [3.05, 3.63) is 65.7 Å². The van der Waals surface area contributed by atoms with Crippen LogP contribution in [-0.4, -0.2) is 21.2 Å². The summed E-state index contributed by atoms with van der Waals surface area (Å²) < 4.78 is 15.1. The number of imidazole rings is 1. The topological polar surface area (TPSA) is 59.3 Å². The fourth-order valence-corrected chi connectivity index (χ4v) is 2.46. The van der Waals surface area contributed by atoms with Gasteiger partial charge in [-0.05, 0) is 31.2 Å². The van der Waals surface area contributed by atoms with Crippen LogP contribution >= 0.6 is 0 Å². The Morgan fingerprint density at radius 3 is 2.79 bits per heavy atom. The number of benzene rings is 2. The summed E-state index contributed by atoms with van der Waals surface area (Å²) in [5.41, 5.74) is 5.47. The number of halogens is 1. The summed E-state index contributed by atoms with van der Waals surface area (Å²) in [6.45, 7) is 1.71. The van der Waals surface area contributed by atoms with Gasteiger partial charge >= 0.3 is 0 Å². The van der Waals surface area contributed by atoms with Crippen LogP contribution in [0.3, 0.4) is 0 Å². The van der Waals surface area contributed by atoms with Gasteiger partial charge in [0.15, 0.2) is 0 Å². The molecular weight excluding hydrogens is 307 g/mol. The van der Waals surface area contributed by atoms with Crippen LogP contribution in [0.5, 0.6) is 0 Å². The van der Waals surface area contributed by atoms with Crippen molar-refractivity contribution >= 4 is 22.7 Å². The van der Waals surface area contributed by atoms with Crippen molar-refractivity contribution in [2.75, 3.05) is 0 Å². The highest BCUT2D eigenvalue weighted by Crippen LogP contribution is 2.14. The molecule has 0 atom stereocenters. The molecule has 0 aliphatic rings. The van der Waals surface area contributed by atoms with Gasteiger partial charge in [0.05, 0.1) is 23.2 Å². The van der Waals surface area contributed by atoms with E-state index in [0.29, 0.717) is 17.1 Å². The number of nitrogens with one attached hydrogen (secondary N) is 1. The number of hydrogen-bond acceptors (Lipinski definition) is 3. The normalized spacial score (nSPS) is 11.7. The van der Waals surface area contributed by atoms with Gasteiger partial charge in [0.2, 0.25) is 5.91 Å². The van der Waals surface area contributed by atoms with Crippen molar-refractivity contribution in [2.24, 2.45) is 12.1 Å². The minimum atomic E-state index is -0.340. The Morgan fingerprint density at radius 1 is 1.25 bits per heavy atom. The number of carbonyl (C=O) groups is 1. The van der Waals surface area contributed by atoms with Crippen LogP contribution in [0.4, 0.5) is 4.39 Å². The molecule has 3 rings (SSSR count). The summed E-state index contributed by atoms with van der Waals surface area (Å²) in [7, 11) is 1.87. The molecule has 0 radical (unpaired) electrons. The Labute approximate surface area is 138 Å². The Morgan fingerprint density at radius 2 is 2.04 bits per heavy atom. The van der Waals surface area contributed by atoms with E-state index in [2.05, 4.69) is 15.5 Å². The first-order valence-electron chi connectivity index (χ1n) is 7.54. The van der Waals surface area contributed by atoms with Gasteiger partial charge in [-0.15, -0.1) is 0 Å². The zero-order chi connectivity index (χ0) is 17.1. The van der Waals surface area contributed by atoms with Crippen LogP contribution < -0.4 is 5.43 Å². The maximum Gasteiger partial charge on any atom is 0.247 e. The van der Waals surface area contributed by atoms with E-state index in [0.717, 1.165) is 11.0 Å². The second-order valence-corrected chi connectivity index (χ2v) is 5.50. The van der Waals surface area contributed by atoms with Gasteiger partial charge in [0.25, 0.3) is 0 Å². The average molecular weight is 324 g/mol. The first-order valence-corrected chi connectivity index (χ1v) is 7.54. The van der Waals surface area contributed by atoms with Crippen LogP contribution in [0.2, 0.25) is 0 Å². The number of nitrogens with zero attached hydrogens (tertiary/aromatic N) is 3. The number of rotatable bonds is 4. The minimum absolute atomic E-state index is 0.116. The third-order valence-electron chi connectivity index (χ3n) is 3.79. The Kier molecular flexibility index (Phi) is 4.37. The molecule has 1 N–H and O–H groups in total. The largest absolute Gasteiger partial charge is 0.331 e. The molecule has 24 heavy (non-hydrogen) atoms. The average Bonchev–Trinajstić information content (AvgIpc) is 2.89. The fourth-order valence-electron chi connectivity index (χ4n) is 2.46. The van der Waals surface area contributed by atoms with Gasteiger partial charge < -0.3 is 4.57 Å². The van der Waals surface area contributed by atoms with Gasteiger partial charge in [-0.25, -0.2) is 14.8 Å². The highest BCUT2D eigenvalue weighted by molar-refractivity contribution is 5.99. The monoisotopic (exact) mass is 324 g/mol. The van der Waals surface area contributed by atoms with Crippen molar-refractivity contribution in [3.8, 4) is 0 Å². The number of carbonyl (C=O) groups excluding carboxylic acids is 1. The molecule has 1 heterocycles. The third-order valence-corrected chi connectivity index (χ3v) is 3.79. The van der Waals surface area contributed by atoms with Crippen molar-refractivity contribution in [2.45, 2.75) is 13.3 Å². The lowest BCUT2D eigenvalue weighted by atomic mass is 10.1. The number of fused-ring (bicyclic) bond motifs is 1. The van der Waals surface area contributed by atoms with E-state index in [9.17, 15) is 9.18 Å². The van der Waals surface area contributed by atoms with Gasteiger partial charge in [-0.1, -0.05) is 24.3 Å². The van der Waals surface area contributed by atoms with Crippen molar-refractivity contribution < 1.29 is 9.18 Å². The van der Waals surface area contributed by atoms with Gasteiger partial charge in [-0.3, -0.25) is 4.79 Å². The van der Waals surface area contributed by atoms with Gasteiger partial charge in [0, 0.05) is 12.6 Å². The van der Waals surface area contributed by atoms with Crippen LogP contribution in [0.1, 0.15) is 18.3 Å². The number of hydrazone groups is 1. The van der Waals surface area contributed by atoms with Crippen molar-refractivity contribution in [1.29, 1.82) is 0 Å². The molecule has 0 bridgehead atoms. The number of aromatic nitrogens is 2. The van der Waals surface area contributed by atoms with E-state index in [1.807, 2.05) is 35.9 Å². The summed E-state index contributed by atoms with van der Waals surface area (Å²) in [5.74, 6) is 0.0459. The maximum atomic E-state index is 13.2. The smallest absolute Gasteiger partial charge is 0.247 e. The van der Waals surface area contributed by atoms with E-state index in [-0.39, 0.29) is 18.1 Å². The lowest BCUT2D eigenvalue weighted by molar-refractivity contribution is -0.120. The van der Waals surface area contributed by atoms with Gasteiger partial charge in [0.1, 0.15) is 11.6 Å². The maximum absolute atomic E-state index is 13.2. The molecule has 0 aliphatic heterocycles. The Bertz CT molecular complexity index is 930. The third kappa shape index (κ3) is 3.32. The predicted molar refractivity (Wildman–Crippen MR) is 91.2 cm³/mol. The van der Waals surface area contributed by atoms with E-state index in [1.54, 1.807) is 19.1 Å². The van der Waals surface area contributed by atoms with E-state index in [4.69, 9.17) is 0 Å². The van der Waals surface area contributed by atoms with Crippen LogP contribution in [0, 0.1) is 5.82 Å². The molecule has 0 fully saturated rings. The second kappa shape index (κ2) is 6.62. The number of para-hydroxylation sites is 2. The molecule has 0 unspecified atom stereocenters. The fraction of sp³-hybridized carbons (Fsp3) is 0.167. The molecule has 122 valence electrons. The molecule has 6 heteroatoms. The Hall–Kier alpha value is -3.02. The van der Waals surface area contributed by atoms with Gasteiger partial charge in [-0.2, -0.15) is 5.10 Å². The molecule has 0 aliphatic carbocycles. The van der Waals surface area contributed by atoms with E-state index >= 15 is 0 Å². The molecule has 0 saturated heterocycles. The van der Waals surface area contributed by atoms with Crippen LogP contribution in [0.25, 0.3) is 11.0 Å². The summed E-state index contributed by atoms with van der Waals surface area (Å²) in [5, 5.41) is 4.03. The van der Waals surface area contributed by atoms with Crippen LogP contribution in [0.15, 0.2) is 53.6 Å². The summed E-state index contributed by atoms with van der Waals surface area (Å²) >= 11 is 0. The minimum Gasteiger partial charge on any atom is -0.331 e. The highest BCUT2D eigenvalue weighted by Gasteiger charge is 2.11. The highest BCUT2D eigenvalue weighted by atomic mass is 19.1. The molecule has 3 aromatic rings. The first-order chi connectivity index (χ1) is 11.5. The predicted octanol–water partition coefficient (Wildman–Crippen LogP) is 2.80. The molecule has 5 nitrogen and oxygen atoms in total. The van der Waals surface area contributed by atoms with E-state index < -0.39 is 0 Å². The molecule has 1 amide bonds.